The molecule has 1 aliphatic rings. The maximum atomic E-state index is 5.85. The van der Waals surface area contributed by atoms with Gasteiger partial charge in [-0.2, -0.15) is 0 Å². The maximum Gasteiger partial charge on any atom is 0.0497 e. The van der Waals surface area contributed by atoms with Gasteiger partial charge in [-0.05, 0) is 61.9 Å². The van der Waals surface area contributed by atoms with Crippen LogP contribution in [0.5, 0.6) is 0 Å². The van der Waals surface area contributed by atoms with Crippen LogP contribution in [0.4, 0.5) is 0 Å². The molecule has 19 heavy (non-hydrogen) atoms. The van der Waals surface area contributed by atoms with Crippen LogP contribution >= 0.6 is 0 Å². The number of nitrogens with one attached hydrogen (secondary N) is 1. The molecule has 0 heterocycles. The number of hydrogen-bond acceptors (Lipinski definition) is 2. The van der Waals surface area contributed by atoms with Crippen molar-refractivity contribution < 1.29 is 4.74 Å². The van der Waals surface area contributed by atoms with Crippen molar-refractivity contribution in [3.63, 3.8) is 0 Å². The van der Waals surface area contributed by atoms with Crippen LogP contribution in [0.1, 0.15) is 60.3 Å². The van der Waals surface area contributed by atoms with Crippen LogP contribution < -0.4 is 5.32 Å². The Morgan fingerprint density at radius 3 is 2.63 bits per heavy atom. The highest BCUT2D eigenvalue weighted by atomic mass is 16.5. The molecule has 1 fully saturated rings. The molecular weight excluding hydrogens is 234 g/mol. The standard InChI is InChI=1S/C17H35NO/c1-6-9-19-13-16-10-17(4,5)8-7-15(16)12-18-11-14(2)3/h14-16,18H,6-13H2,1-5H3. The van der Waals surface area contributed by atoms with Gasteiger partial charge in [-0.15, -0.1) is 0 Å². The van der Waals surface area contributed by atoms with E-state index in [1.54, 1.807) is 0 Å². The van der Waals surface area contributed by atoms with Crippen LogP contribution in [0.25, 0.3) is 0 Å². The van der Waals surface area contributed by atoms with E-state index in [4.69, 9.17) is 4.74 Å². The van der Waals surface area contributed by atoms with Gasteiger partial charge in [-0.25, -0.2) is 0 Å². The summed E-state index contributed by atoms with van der Waals surface area (Å²) < 4.78 is 5.85. The van der Waals surface area contributed by atoms with Gasteiger partial charge in [0, 0.05) is 13.2 Å². The zero-order chi connectivity index (χ0) is 14.3. The van der Waals surface area contributed by atoms with Crippen LogP contribution in [0.2, 0.25) is 0 Å². The Hall–Kier alpha value is -0.0800. The van der Waals surface area contributed by atoms with Gasteiger partial charge in [-0.3, -0.25) is 0 Å². The lowest BCUT2D eigenvalue weighted by Crippen LogP contribution is -2.38. The van der Waals surface area contributed by atoms with E-state index in [0.717, 1.165) is 43.9 Å². The second-order valence-electron chi connectivity index (χ2n) is 7.55. The van der Waals surface area contributed by atoms with Crippen LogP contribution in [0.15, 0.2) is 0 Å². The van der Waals surface area contributed by atoms with E-state index in [0.29, 0.717) is 5.41 Å². The van der Waals surface area contributed by atoms with Crippen molar-refractivity contribution in [1.29, 1.82) is 0 Å². The van der Waals surface area contributed by atoms with Gasteiger partial charge in [0.25, 0.3) is 0 Å². The summed E-state index contributed by atoms with van der Waals surface area (Å²) in [5.41, 5.74) is 0.509. The van der Waals surface area contributed by atoms with Crippen molar-refractivity contribution >= 4 is 0 Å². The van der Waals surface area contributed by atoms with Crippen molar-refractivity contribution in [2.75, 3.05) is 26.3 Å². The summed E-state index contributed by atoms with van der Waals surface area (Å²) in [4.78, 5) is 0. The molecule has 2 heteroatoms. The Balaban J connectivity index is 2.41. The molecular formula is C17H35NO. The quantitative estimate of drug-likeness (QED) is 0.670. The molecule has 0 aliphatic heterocycles. The monoisotopic (exact) mass is 269 g/mol. The van der Waals surface area contributed by atoms with E-state index < -0.39 is 0 Å². The number of hydrogen-bond donors (Lipinski definition) is 1. The molecule has 0 spiro atoms. The van der Waals surface area contributed by atoms with Crippen molar-refractivity contribution in [2.24, 2.45) is 23.2 Å². The third-order valence-corrected chi connectivity index (χ3v) is 4.31. The summed E-state index contributed by atoms with van der Waals surface area (Å²) in [7, 11) is 0. The first-order valence-corrected chi connectivity index (χ1v) is 8.23. The first kappa shape index (κ1) is 17.0. The largest absolute Gasteiger partial charge is 0.381 e. The fourth-order valence-electron chi connectivity index (χ4n) is 3.19. The van der Waals surface area contributed by atoms with E-state index in [-0.39, 0.29) is 0 Å². The second kappa shape index (κ2) is 8.26. The minimum atomic E-state index is 0.509. The molecule has 1 rings (SSSR count). The average Bonchev–Trinajstić information content (AvgIpc) is 2.31. The summed E-state index contributed by atoms with van der Waals surface area (Å²) in [6.45, 7) is 15.8. The Morgan fingerprint density at radius 1 is 1.26 bits per heavy atom. The smallest absolute Gasteiger partial charge is 0.0497 e. The van der Waals surface area contributed by atoms with Crippen LogP contribution in [0, 0.1) is 23.2 Å². The minimum Gasteiger partial charge on any atom is -0.381 e. The summed E-state index contributed by atoms with van der Waals surface area (Å²) >= 11 is 0. The molecule has 0 aromatic rings. The van der Waals surface area contributed by atoms with Crippen molar-refractivity contribution in [3.05, 3.63) is 0 Å². The Labute approximate surface area is 120 Å². The first-order chi connectivity index (χ1) is 8.94. The fraction of sp³-hybridized carbons (Fsp3) is 1.00. The summed E-state index contributed by atoms with van der Waals surface area (Å²) in [5.74, 6) is 2.30. The van der Waals surface area contributed by atoms with Gasteiger partial charge in [-0.1, -0.05) is 34.6 Å². The lowest BCUT2D eigenvalue weighted by Gasteiger charge is -2.41. The van der Waals surface area contributed by atoms with Crippen LogP contribution in [-0.2, 0) is 4.74 Å². The zero-order valence-electron chi connectivity index (χ0n) is 13.8. The van der Waals surface area contributed by atoms with Gasteiger partial charge in [0.05, 0.1) is 0 Å². The van der Waals surface area contributed by atoms with Gasteiger partial charge < -0.3 is 10.1 Å². The first-order valence-electron chi connectivity index (χ1n) is 8.23. The number of rotatable bonds is 8. The molecule has 1 saturated carbocycles. The number of ether oxygens (including phenoxy) is 1. The molecule has 2 atom stereocenters. The molecule has 0 aromatic heterocycles. The zero-order valence-corrected chi connectivity index (χ0v) is 13.8. The molecule has 1 N–H and O–H groups in total. The highest BCUT2D eigenvalue weighted by Gasteiger charge is 2.34. The molecule has 0 aromatic carbocycles. The van der Waals surface area contributed by atoms with Gasteiger partial charge in [0.15, 0.2) is 0 Å². The Bertz CT molecular complexity index is 237. The molecule has 0 amide bonds. The highest BCUT2D eigenvalue weighted by molar-refractivity contribution is 4.86. The van der Waals surface area contributed by atoms with E-state index in [2.05, 4.69) is 39.9 Å². The van der Waals surface area contributed by atoms with E-state index in [9.17, 15) is 0 Å². The molecule has 0 radical (unpaired) electrons. The molecule has 2 nitrogen and oxygen atoms in total. The van der Waals surface area contributed by atoms with Crippen molar-refractivity contribution in [2.45, 2.75) is 60.3 Å². The van der Waals surface area contributed by atoms with Crippen molar-refractivity contribution in [1.82, 2.24) is 5.32 Å². The predicted octanol–water partition coefficient (Wildman–Crippen LogP) is 4.10. The minimum absolute atomic E-state index is 0.509. The normalized spacial score (nSPS) is 26.8. The molecule has 1 aliphatic carbocycles. The summed E-state index contributed by atoms with van der Waals surface area (Å²) in [5, 5.41) is 3.65. The Kier molecular flexibility index (Phi) is 7.38. The topological polar surface area (TPSA) is 21.3 Å². The van der Waals surface area contributed by atoms with E-state index in [1.807, 2.05) is 0 Å². The van der Waals surface area contributed by atoms with Crippen molar-refractivity contribution in [3.8, 4) is 0 Å². The van der Waals surface area contributed by atoms with E-state index >= 15 is 0 Å². The van der Waals surface area contributed by atoms with Crippen LogP contribution in [-0.4, -0.2) is 26.3 Å². The van der Waals surface area contributed by atoms with Gasteiger partial charge in [0.1, 0.15) is 0 Å². The molecule has 0 saturated heterocycles. The average molecular weight is 269 g/mol. The third kappa shape index (κ3) is 6.76. The predicted molar refractivity (Wildman–Crippen MR) is 83.4 cm³/mol. The lowest BCUT2D eigenvalue weighted by molar-refractivity contribution is 0.0249. The van der Waals surface area contributed by atoms with Gasteiger partial charge >= 0.3 is 0 Å². The molecule has 2 unspecified atom stereocenters. The van der Waals surface area contributed by atoms with Gasteiger partial charge in [0.2, 0.25) is 0 Å². The highest BCUT2D eigenvalue weighted by Crippen LogP contribution is 2.41. The van der Waals surface area contributed by atoms with E-state index in [1.165, 1.54) is 25.8 Å². The van der Waals surface area contributed by atoms with Crippen LogP contribution in [0.3, 0.4) is 0 Å². The Morgan fingerprint density at radius 2 is 2.00 bits per heavy atom. The molecule has 0 bridgehead atoms. The summed E-state index contributed by atoms with van der Waals surface area (Å²) in [6.07, 6.45) is 5.18. The summed E-state index contributed by atoms with van der Waals surface area (Å²) in [6, 6.07) is 0. The lowest BCUT2D eigenvalue weighted by atomic mass is 9.67. The SMILES string of the molecule is CCCOCC1CC(C)(C)CCC1CNCC(C)C. The maximum absolute atomic E-state index is 5.85. The molecule has 114 valence electrons. The fourth-order valence-corrected chi connectivity index (χ4v) is 3.19. The third-order valence-electron chi connectivity index (χ3n) is 4.31. The second-order valence-corrected chi connectivity index (χ2v) is 7.55.